The van der Waals surface area contributed by atoms with Crippen molar-refractivity contribution in [3.8, 4) is 0 Å². The summed E-state index contributed by atoms with van der Waals surface area (Å²) in [5.41, 5.74) is 2.77. The fraction of sp³-hybridized carbons (Fsp3) is 0.407. The van der Waals surface area contributed by atoms with Crippen LogP contribution in [0.1, 0.15) is 43.7 Å². The number of benzene rings is 2. The van der Waals surface area contributed by atoms with E-state index in [1.165, 1.54) is 46.1 Å². The van der Waals surface area contributed by atoms with Gasteiger partial charge in [-0.3, -0.25) is 4.90 Å². The van der Waals surface area contributed by atoms with Crippen LogP contribution in [0.2, 0.25) is 0 Å². The molecule has 1 heterocycles. The molecule has 1 aliphatic heterocycles. The van der Waals surface area contributed by atoms with Crippen molar-refractivity contribution >= 4 is 23.5 Å². The first-order valence-corrected chi connectivity index (χ1v) is 13.2. The molecule has 0 aromatic heterocycles. The van der Waals surface area contributed by atoms with Crippen molar-refractivity contribution in [2.45, 2.75) is 51.7 Å². The summed E-state index contributed by atoms with van der Waals surface area (Å²) in [6.45, 7) is 8.52. The van der Waals surface area contributed by atoms with Crippen LogP contribution in [-0.4, -0.2) is 22.4 Å². The molecule has 30 heavy (non-hydrogen) atoms. The highest BCUT2D eigenvalue weighted by molar-refractivity contribution is 8.22. The van der Waals surface area contributed by atoms with E-state index in [-0.39, 0.29) is 0 Å². The van der Waals surface area contributed by atoms with Crippen LogP contribution in [0.5, 0.6) is 0 Å². The minimum atomic E-state index is 0.466. The Morgan fingerprint density at radius 2 is 1.50 bits per heavy atom. The van der Waals surface area contributed by atoms with Crippen LogP contribution in [0.25, 0.3) is 0 Å². The zero-order valence-electron chi connectivity index (χ0n) is 18.2. The predicted octanol–water partition coefficient (Wildman–Crippen LogP) is 7.76. The van der Waals surface area contributed by atoms with Gasteiger partial charge in [-0.05, 0) is 47.8 Å². The van der Waals surface area contributed by atoms with E-state index in [2.05, 4.69) is 91.2 Å². The van der Waals surface area contributed by atoms with E-state index in [1.807, 2.05) is 23.5 Å². The zero-order valence-corrected chi connectivity index (χ0v) is 19.8. The van der Waals surface area contributed by atoms with Gasteiger partial charge in [-0.2, -0.15) is 0 Å². The Morgan fingerprint density at radius 3 is 2.00 bits per heavy atom. The number of rotatable bonds is 11. The van der Waals surface area contributed by atoms with Crippen molar-refractivity contribution in [3.63, 3.8) is 0 Å². The SMILES string of the molecule is C=C[C@@H](CC=C1SCCCS1)[C@H](CCC)N(Cc1ccccc1)Cc1ccccc1. The van der Waals surface area contributed by atoms with Crippen molar-refractivity contribution in [2.24, 2.45) is 5.92 Å². The maximum atomic E-state index is 4.25. The normalized spacial score (nSPS) is 16.3. The van der Waals surface area contributed by atoms with Gasteiger partial charge in [-0.1, -0.05) is 86.2 Å². The molecular weight excluding hydrogens is 402 g/mol. The van der Waals surface area contributed by atoms with Crippen LogP contribution >= 0.6 is 23.5 Å². The highest BCUT2D eigenvalue weighted by Gasteiger charge is 2.25. The van der Waals surface area contributed by atoms with E-state index in [9.17, 15) is 0 Å². The predicted molar refractivity (Wildman–Crippen MR) is 137 cm³/mol. The molecule has 3 heteroatoms. The number of nitrogens with zero attached hydrogens (tertiary/aromatic N) is 1. The molecule has 3 rings (SSSR count). The lowest BCUT2D eigenvalue weighted by Crippen LogP contribution is -2.39. The van der Waals surface area contributed by atoms with E-state index in [0.29, 0.717) is 12.0 Å². The summed E-state index contributed by atoms with van der Waals surface area (Å²) in [4.78, 5) is 2.68. The molecule has 0 aliphatic carbocycles. The molecule has 0 spiro atoms. The molecule has 2 aromatic carbocycles. The van der Waals surface area contributed by atoms with E-state index in [1.54, 1.807) is 0 Å². The average Bonchev–Trinajstić information content (AvgIpc) is 2.80. The molecule has 1 aliphatic rings. The smallest absolute Gasteiger partial charge is 0.0361 e. The molecule has 0 radical (unpaired) electrons. The Bertz CT molecular complexity index is 722. The first-order valence-electron chi connectivity index (χ1n) is 11.2. The van der Waals surface area contributed by atoms with Gasteiger partial charge in [0.1, 0.15) is 0 Å². The number of hydrogen-bond acceptors (Lipinski definition) is 3. The topological polar surface area (TPSA) is 3.24 Å². The van der Waals surface area contributed by atoms with Gasteiger partial charge in [0.25, 0.3) is 0 Å². The summed E-state index contributed by atoms with van der Waals surface area (Å²) < 4.78 is 1.51. The van der Waals surface area contributed by atoms with Gasteiger partial charge in [-0.25, -0.2) is 0 Å². The van der Waals surface area contributed by atoms with E-state index in [0.717, 1.165) is 19.5 Å². The van der Waals surface area contributed by atoms with Crippen molar-refractivity contribution in [1.82, 2.24) is 4.90 Å². The lowest BCUT2D eigenvalue weighted by atomic mass is 9.90. The van der Waals surface area contributed by atoms with Crippen LogP contribution in [-0.2, 0) is 13.1 Å². The summed E-state index contributed by atoms with van der Waals surface area (Å²) in [5.74, 6) is 3.00. The zero-order chi connectivity index (χ0) is 21.0. The third-order valence-electron chi connectivity index (χ3n) is 5.64. The molecule has 1 fully saturated rings. The summed E-state index contributed by atoms with van der Waals surface area (Å²) in [5, 5.41) is 0. The summed E-state index contributed by atoms with van der Waals surface area (Å²) in [7, 11) is 0. The maximum Gasteiger partial charge on any atom is 0.0361 e. The number of hydrogen-bond donors (Lipinski definition) is 0. The van der Waals surface area contributed by atoms with Gasteiger partial charge < -0.3 is 0 Å². The third-order valence-corrected chi connectivity index (χ3v) is 8.24. The molecule has 1 nitrogen and oxygen atoms in total. The van der Waals surface area contributed by atoms with Crippen molar-refractivity contribution in [2.75, 3.05) is 11.5 Å². The highest BCUT2D eigenvalue weighted by Crippen LogP contribution is 2.36. The molecule has 1 saturated heterocycles. The average molecular weight is 438 g/mol. The second kappa shape index (κ2) is 13.1. The highest BCUT2D eigenvalue weighted by atomic mass is 32.2. The quantitative estimate of drug-likeness (QED) is 0.331. The molecular formula is C27H35NS2. The Hall–Kier alpha value is -1.42. The molecule has 0 saturated carbocycles. The second-order valence-electron chi connectivity index (χ2n) is 7.94. The fourth-order valence-corrected chi connectivity index (χ4v) is 6.52. The van der Waals surface area contributed by atoms with Crippen molar-refractivity contribution in [1.29, 1.82) is 0 Å². The fourth-order valence-electron chi connectivity index (χ4n) is 4.10. The molecule has 0 bridgehead atoms. The Balaban J connectivity index is 1.81. The monoisotopic (exact) mass is 437 g/mol. The van der Waals surface area contributed by atoms with Crippen molar-refractivity contribution < 1.29 is 0 Å². The summed E-state index contributed by atoms with van der Waals surface area (Å²) >= 11 is 4.06. The van der Waals surface area contributed by atoms with Crippen LogP contribution in [0.3, 0.4) is 0 Å². The van der Waals surface area contributed by atoms with Gasteiger partial charge in [0, 0.05) is 23.4 Å². The van der Waals surface area contributed by atoms with E-state index >= 15 is 0 Å². The van der Waals surface area contributed by atoms with Gasteiger partial charge in [0.2, 0.25) is 0 Å². The molecule has 160 valence electrons. The lowest BCUT2D eigenvalue weighted by Gasteiger charge is -2.36. The van der Waals surface area contributed by atoms with Crippen LogP contribution in [0.4, 0.5) is 0 Å². The van der Waals surface area contributed by atoms with E-state index < -0.39 is 0 Å². The third kappa shape index (κ3) is 7.37. The van der Waals surface area contributed by atoms with Gasteiger partial charge in [0.05, 0.1) is 0 Å². The Labute approximate surface area is 192 Å². The standard InChI is InChI=1S/C27H35NS2/c1-3-12-26(25(4-2)17-18-27-29-19-11-20-30-27)28(21-23-13-7-5-8-14-23)22-24-15-9-6-10-16-24/h4-10,13-16,18,25-26H,2-3,11-12,17,19-22H2,1H3/t25-,26-/m0/s1. The number of thioether (sulfide) groups is 2. The van der Waals surface area contributed by atoms with Gasteiger partial charge in [-0.15, -0.1) is 30.1 Å². The van der Waals surface area contributed by atoms with Crippen LogP contribution in [0, 0.1) is 5.92 Å². The summed E-state index contributed by atoms with van der Waals surface area (Å²) in [6, 6.07) is 22.3. The maximum absolute atomic E-state index is 4.25. The first kappa shape index (κ1) is 23.2. The van der Waals surface area contributed by atoms with Crippen molar-refractivity contribution in [3.05, 3.63) is 94.8 Å². The largest absolute Gasteiger partial charge is 0.291 e. The molecule has 2 aromatic rings. The molecule has 0 amide bonds. The minimum absolute atomic E-state index is 0.466. The minimum Gasteiger partial charge on any atom is -0.291 e. The summed E-state index contributed by atoms with van der Waals surface area (Å²) in [6.07, 6.45) is 9.49. The Morgan fingerprint density at radius 1 is 0.933 bits per heavy atom. The van der Waals surface area contributed by atoms with Gasteiger partial charge in [0.15, 0.2) is 0 Å². The molecule has 2 atom stereocenters. The number of allylic oxidation sites excluding steroid dienone is 1. The van der Waals surface area contributed by atoms with E-state index in [4.69, 9.17) is 0 Å². The second-order valence-corrected chi connectivity index (χ2v) is 10.5. The van der Waals surface area contributed by atoms with Crippen LogP contribution < -0.4 is 0 Å². The first-order chi connectivity index (χ1) is 14.8. The molecule has 0 N–H and O–H groups in total. The van der Waals surface area contributed by atoms with Crippen LogP contribution in [0.15, 0.2) is 83.6 Å². The lowest BCUT2D eigenvalue weighted by molar-refractivity contribution is 0.133. The molecule has 0 unspecified atom stereocenters. The van der Waals surface area contributed by atoms with Gasteiger partial charge >= 0.3 is 0 Å². The Kier molecular flexibility index (Phi) is 10.1.